The third-order valence-electron chi connectivity index (χ3n) is 9.05. The zero-order valence-electron chi connectivity index (χ0n) is 28.2. The van der Waals surface area contributed by atoms with Gasteiger partial charge < -0.3 is 22.5 Å². The van der Waals surface area contributed by atoms with Crippen molar-refractivity contribution in [2.24, 2.45) is 0 Å². The van der Waals surface area contributed by atoms with Crippen LogP contribution in [-0.4, -0.2) is 118 Å². The SMILES string of the molecule is Nc1ccnc(CN2CCC(F)(F)C2)c1.Nc1ccnc(CN2CCN(C3CC3)CC2)c1.Nc1ccnc(CN2CCNC(C(F)(F)F)C2)c1. The summed E-state index contributed by atoms with van der Waals surface area (Å²) in [6, 6.07) is 10.0. The van der Waals surface area contributed by atoms with Crippen molar-refractivity contribution in [2.75, 3.05) is 76.1 Å². The van der Waals surface area contributed by atoms with Gasteiger partial charge in [-0.15, -0.1) is 0 Å². The van der Waals surface area contributed by atoms with Gasteiger partial charge in [0.05, 0.1) is 23.6 Å². The smallest absolute Gasteiger partial charge is 0.399 e. The van der Waals surface area contributed by atoms with E-state index in [1.165, 1.54) is 25.9 Å². The molecular formula is C34H48F5N11. The molecule has 0 aromatic carbocycles. The summed E-state index contributed by atoms with van der Waals surface area (Å²) < 4.78 is 63.6. The van der Waals surface area contributed by atoms with Crippen molar-refractivity contribution < 1.29 is 22.0 Å². The number of halogens is 5. The Morgan fingerprint density at radius 3 is 1.64 bits per heavy atom. The molecule has 50 heavy (non-hydrogen) atoms. The number of pyridine rings is 3. The highest BCUT2D eigenvalue weighted by Crippen LogP contribution is 2.29. The van der Waals surface area contributed by atoms with E-state index in [9.17, 15) is 22.0 Å². The first kappa shape index (κ1) is 37.6. The van der Waals surface area contributed by atoms with Crippen LogP contribution in [0.4, 0.5) is 39.0 Å². The maximum Gasteiger partial charge on any atom is 0.405 e. The molecule has 1 aliphatic carbocycles. The number of anilines is 3. The zero-order chi connectivity index (χ0) is 35.7. The van der Waals surface area contributed by atoms with Crippen molar-refractivity contribution in [1.29, 1.82) is 0 Å². The van der Waals surface area contributed by atoms with Crippen LogP contribution in [0.15, 0.2) is 55.0 Å². The number of aromatic nitrogens is 3. The first-order valence-corrected chi connectivity index (χ1v) is 17.0. The highest BCUT2D eigenvalue weighted by Gasteiger charge is 2.42. The Hall–Kier alpha value is -3.70. The molecule has 4 aliphatic rings. The van der Waals surface area contributed by atoms with Gasteiger partial charge in [-0.25, -0.2) is 8.78 Å². The highest BCUT2D eigenvalue weighted by atomic mass is 19.4. The molecule has 0 radical (unpaired) electrons. The fourth-order valence-corrected chi connectivity index (χ4v) is 6.28. The largest absolute Gasteiger partial charge is 0.405 e. The van der Waals surface area contributed by atoms with Crippen molar-refractivity contribution in [3.8, 4) is 0 Å². The number of alkyl halides is 5. The van der Waals surface area contributed by atoms with E-state index in [1.807, 2.05) is 12.1 Å². The van der Waals surface area contributed by atoms with Crippen LogP contribution in [0.2, 0.25) is 0 Å². The van der Waals surface area contributed by atoms with Crippen LogP contribution in [0.25, 0.3) is 0 Å². The van der Waals surface area contributed by atoms with Gasteiger partial charge in [0, 0.05) is 120 Å². The van der Waals surface area contributed by atoms with Crippen LogP contribution < -0.4 is 22.5 Å². The summed E-state index contributed by atoms with van der Waals surface area (Å²) in [6.45, 7) is 7.60. The van der Waals surface area contributed by atoms with Gasteiger partial charge in [0.15, 0.2) is 0 Å². The molecule has 6 heterocycles. The van der Waals surface area contributed by atoms with E-state index >= 15 is 0 Å². The molecule has 3 aromatic heterocycles. The molecule has 0 spiro atoms. The normalized spacial score (nSPS) is 21.9. The molecule has 1 saturated carbocycles. The van der Waals surface area contributed by atoms with E-state index < -0.39 is 18.1 Å². The maximum atomic E-state index is 12.9. The van der Waals surface area contributed by atoms with E-state index in [2.05, 4.69) is 30.1 Å². The molecule has 4 fully saturated rings. The Labute approximate surface area is 290 Å². The Kier molecular flexibility index (Phi) is 12.8. The number of nitrogens with one attached hydrogen (secondary N) is 1. The molecule has 1 unspecified atom stereocenters. The molecular weight excluding hydrogens is 657 g/mol. The summed E-state index contributed by atoms with van der Waals surface area (Å²) in [5, 5.41) is 2.47. The van der Waals surface area contributed by atoms with Crippen molar-refractivity contribution in [2.45, 2.75) is 63.1 Å². The van der Waals surface area contributed by atoms with E-state index in [0.29, 0.717) is 49.8 Å². The number of nitrogens with two attached hydrogens (primary N) is 3. The predicted molar refractivity (Wildman–Crippen MR) is 184 cm³/mol. The van der Waals surface area contributed by atoms with Gasteiger partial charge in [-0.2, -0.15) is 13.2 Å². The lowest BCUT2D eigenvalue weighted by atomic mass is 10.2. The lowest BCUT2D eigenvalue weighted by Crippen LogP contribution is -2.56. The number of nitrogen functional groups attached to an aromatic ring is 3. The first-order valence-electron chi connectivity index (χ1n) is 17.0. The van der Waals surface area contributed by atoms with Crippen molar-refractivity contribution in [3.05, 3.63) is 72.1 Å². The Morgan fingerprint density at radius 1 is 0.700 bits per heavy atom. The van der Waals surface area contributed by atoms with Gasteiger partial charge in [0.25, 0.3) is 5.92 Å². The highest BCUT2D eigenvalue weighted by molar-refractivity contribution is 5.38. The molecule has 7 rings (SSSR count). The standard InChI is InChI=1S/C13H20N4.C11H15F3N4.C10H13F2N3/c14-11-3-4-15-12(9-11)10-16-5-7-17(8-6-16)13-1-2-13;12-11(13,14)10-7-18(4-3-17-10)6-9-5-8(15)1-2-16-9;11-10(12)2-4-15(7-10)6-9-5-8(13)1-3-14-9/h3-4,9,13H,1-2,5-8,10H2,(H2,14,15);1-2,5,10,17H,3-4,6-7H2,(H2,15,16);1,3,5H,2,4,6-7H2,(H2,13,14). The third-order valence-corrected chi connectivity index (χ3v) is 9.05. The summed E-state index contributed by atoms with van der Waals surface area (Å²) in [5.74, 6) is -2.54. The summed E-state index contributed by atoms with van der Waals surface area (Å²) >= 11 is 0. The van der Waals surface area contributed by atoms with Gasteiger partial charge in [0.2, 0.25) is 0 Å². The fraction of sp³-hybridized carbons (Fsp3) is 0.559. The topological polar surface area (TPSA) is 142 Å². The molecule has 11 nitrogen and oxygen atoms in total. The van der Waals surface area contributed by atoms with Crippen molar-refractivity contribution >= 4 is 17.1 Å². The minimum Gasteiger partial charge on any atom is -0.399 e. The van der Waals surface area contributed by atoms with E-state index in [0.717, 1.165) is 42.8 Å². The molecule has 1 atom stereocenters. The molecule has 7 N–H and O–H groups in total. The lowest BCUT2D eigenvalue weighted by Gasteiger charge is -2.34. The second-order valence-corrected chi connectivity index (χ2v) is 13.4. The number of nitrogens with zero attached hydrogens (tertiary/aromatic N) is 7. The van der Waals surface area contributed by atoms with Gasteiger partial charge in [0.1, 0.15) is 6.04 Å². The number of likely N-dealkylation sites (tertiary alicyclic amines) is 1. The molecule has 0 amide bonds. The second-order valence-electron chi connectivity index (χ2n) is 13.4. The Bertz CT molecular complexity index is 1500. The van der Waals surface area contributed by atoms with E-state index in [-0.39, 0.29) is 19.5 Å². The van der Waals surface area contributed by atoms with Gasteiger partial charge in [-0.3, -0.25) is 34.6 Å². The van der Waals surface area contributed by atoms with Crippen LogP contribution in [0, 0.1) is 0 Å². The summed E-state index contributed by atoms with van der Waals surface area (Å²) in [6.07, 6.45) is 3.52. The van der Waals surface area contributed by atoms with E-state index in [4.69, 9.17) is 17.2 Å². The first-order chi connectivity index (χ1) is 23.8. The summed E-state index contributed by atoms with van der Waals surface area (Å²) in [5.41, 5.74) is 21.5. The van der Waals surface area contributed by atoms with Crippen molar-refractivity contribution in [3.63, 3.8) is 0 Å². The monoisotopic (exact) mass is 705 g/mol. The zero-order valence-corrected chi connectivity index (χ0v) is 28.2. The van der Waals surface area contributed by atoms with Gasteiger partial charge in [-0.1, -0.05) is 0 Å². The van der Waals surface area contributed by atoms with Crippen molar-refractivity contribution in [1.82, 2.24) is 39.9 Å². The van der Waals surface area contributed by atoms with Crippen LogP contribution in [0.3, 0.4) is 0 Å². The number of hydrogen-bond donors (Lipinski definition) is 4. The van der Waals surface area contributed by atoms with Crippen LogP contribution in [-0.2, 0) is 19.6 Å². The average Bonchev–Trinajstić information content (AvgIpc) is 3.85. The maximum absolute atomic E-state index is 12.9. The van der Waals surface area contributed by atoms with Crippen LogP contribution in [0.1, 0.15) is 36.3 Å². The molecule has 274 valence electrons. The van der Waals surface area contributed by atoms with Crippen LogP contribution in [0.5, 0.6) is 0 Å². The number of hydrogen-bond acceptors (Lipinski definition) is 11. The third kappa shape index (κ3) is 12.3. The Balaban J connectivity index is 0.000000146. The van der Waals surface area contributed by atoms with Crippen LogP contribution >= 0.6 is 0 Å². The molecule has 3 aliphatic heterocycles. The molecule has 0 bridgehead atoms. The minimum absolute atomic E-state index is 0.0556. The summed E-state index contributed by atoms with van der Waals surface area (Å²) in [7, 11) is 0. The lowest BCUT2D eigenvalue weighted by molar-refractivity contribution is -0.165. The second kappa shape index (κ2) is 17.0. The van der Waals surface area contributed by atoms with Gasteiger partial charge >= 0.3 is 6.18 Å². The average molecular weight is 706 g/mol. The number of rotatable bonds is 7. The fourth-order valence-electron chi connectivity index (χ4n) is 6.28. The molecule has 16 heteroatoms. The predicted octanol–water partition coefficient (Wildman–Crippen LogP) is 3.45. The quantitative estimate of drug-likeness (QED) is 0.269. The van der Waals surface area contributed by atoms with Gasteiger partial charge in [-0.05, 0) is 49.2 Å². The van der Waals surface area contributed by atoms with E-state index in [1.54, 1.807) is 52.7 Å². The Morgan fingerprint density at radius 2 is 1.20 bits per heavy atom. The summed E-state index contributed by atoms with van der Waals surface area (Å²) in [4.78, 5) is 21.1. The molecule has 3 saturated heterocycles. The number of piperazine rings is 2. The molecule has 3 aromatic rings. The minimum atomic E-state index is -4.21.